The smallest absolute Gasteiger partial charge is 0.415 e. The normalized spacial score (nSPS) is 13.4. The second-order valence-corrected chi connectivity index (χ2v) is 4.85. The van der Waals surface area contributed by atoms with Crippen molar-refractivity contribution >= 4 is 24.1 Å². The molecular weight excluding hydrogens is 282 g/mol. The molecule has 1 heterocycles. The van der Waals surface area contributed by atoms with Crippen molar-refractivity contribution < 1.29 is 19.1 Å². The van der Waals surface area contributed by atoms with Crippen LogP contribution >= 0.6 is 11.9 Å². The monoisotopic (exact) mass is 297 g/mol. The fourth-order valence-corrected chi connectivity index (χ4v) is 1.75. The molecule has 20 heavy (non-hydrogen) atoms. The maximum atomic E-state index is 11.3. The van der Waals surface area contributed by atoms with Crippen molar-refractivity contribution in [2.45, 2.75) is 30.9 Å². The molecule has 1 aromatic rings. The van der Waals surface area contributed by atoms with Gasteiger partial charge >= 0.3 is 12.1 Å². The fraction of sp³-hybridized carbons (Fsp3) is 0.417. The van der Waals surface area contributed by atoms with Gasteiger partial charge in [0.2, 0.25) is 0 Å². The van der Waals surface area contributed by atoms with Gasteiger partial charge in [-0.3, -0.25) is 4.72 Å². The standard InChI is InChI=1S/C12H15N3O4S/c1-2-18-12(17)14-11(16)15-20-10-6-5-9(7-13-10)19-8-3-4-8/h5-8H,2-4H2,1H3,(H2,14,15,16,17). The molecule has 0 saturated heterocycles. The molecule has 0 radical (unpaired) electrons. The van der Waals surface area contributed by atoms with E-state index in [9.17, 15) is 9.59 Å². The van der Waals surface area contributed by atoms with Crippen LogP contribution in [0.2, 0.25) is 0 Å². The van der Waals surface area contributed by atoms with Gasteiger partial charge in [0.1, 0.15) is 10.8 Å². The number of ether oxygens (including phenoxy) is 2. The molecule has 1 aliphatic rings. The van der Waals surface area contributed by atoms with Crippen molar-refractivity contribution in [3.05, 3.63) is 18.3 Å². The van der Waals surface area contributed by atoms with Crippen LogP contribution < -0.4 is 14.8 Å². The maximum absolute atomic E-state index is 11.3. The lowest BCUT2D eigenvalue weighted by atomic mass is 10.5. The molecular formula is C12H15N3O4S. The highest BCUT2D eigenvalue weighted by molar-refractivity contribution is 7.97. The van der Waals surface area contributed by atoms with E-state index in [2.05, 4.69) is 14.4 Å². The first-order valence-corrected chi connectivity index (χ1v) is 7.02. The summed E-state index contributed by atoms with van der Waals surface area (Å²) in [6.45, 7) is 1.86. The summed E-state index contributed by atoms with van der Waals surface area (Å²) in [5.74, 6) is 0.716. The van der Waals surface area contributed by atoms with Crippen LogP contribution in [0.3, 0.4) is 0 Å². The van der Waals surface area contributed by atoms with Crippen LogP contribution in [0.4, 0.5) is 9.59 Å². The molecule has 1 aliphatic carbocycles. The van der Waals surface area contributed by atoms with Crippen molar-refractivity contribution in [3.63, 3.8) is 0 Å². The Morgan fingerprint density at radius 3 is 2.85 bits per heavy atom. The topological polar surface area (TPSA) is 89.5 Å². The van der Waals surface area contributed by atoms with Gasteiger partial charge in [0, 0.05) is 11.9 Å². The van der Waals surface area contributed by atoms with E-state index in [1.54, 1.807) is 25.3 Å². The summed E-state index contributed by atoms with van der Waals surface area (Å²) in [4.78, 5) is 26.4. The summed E-state index contributed by atoms with van der Waals surface area (Å²) in [6, 6.07) is 2.86. The summed E-state index contributed by atoms with van der Waals surface area (Å²) in [6.07, 6.45) is 3.32. The van der Waals surface area contributed by atoms with E-state index in [1.165, 1.54) is 0 Å². The Kier molecular flexibility index (Phi) is 5.05. The van der Waals surface area contributed by atoms with E-state index in [0.29, 0.717) is 16.9 Å². The van der Waals surface area contributed by atoms with Crippen molar-refractivity contribution in [1.82, 2.24) is 15.0 Å². The highest BCUT2D eigenvalue weighted by atomic mass is 32.2. The molecule has 0 spiro atoms. The number of urea groups is 1. The Bertz CT molecular complexity index is 476. The summed E-state index contributed by atoms with van der Waals surface area (Å²) < 4.78 is 12.5. The first-order chi connectivity index (χ1) is 9.67. The van der Waals surface area contributed by atoms with Gasteiger partial charge in [-0.25, -0.2) is 19.9 Å². The van der Waals surface area contributed by atoms with Crippen LogP contribution in [0.1, 0.15) is 19.8 Å². The maximum Gasteiger partial charge on any atom is 0.415 e. The molecule has 2 N–H and O–H groups in total. The number of nitrogens with one attached hydrogen (secondary N) is 2. The van der Waals surface area contributed by atoms with Crippen LogP contribution in [0.15, 0.2) is 23.4 Å². The Morgan fingerprint density at radius 2 is 2.25 bits per heavy atom. The molecule has 7 nitrogen and oxygen atoms in total. The van der Waals surface area contributed by atoms with Crippen LogP contribution in [-0.4, -0.2) is 29.8 Å². The molecule has 0 bridgehead atoms. The van der Waals surface area contributed by atoms with Crippen LogP contribution in [0.5, 0.6) is 5.75 Å². The molecule has 0 atom stereocenters. The van der Waals surface area contributed by atoms with Crippen molar-refractivity contribution in [1.29, 1.82) is 0 Å². The molecule has 1 saturated carbocycles. The van der Waals surface area contributed by atoms with Gasteiger partial charge in [-0.1, -0.05) is 0 Å². The number of alkyl carbamates (subject to hydrolysis) is 1. The Morgan fingerprint density at radius 1 is 1.45 bits per heavy atom. The fourth-order valence-electron chi connectivity index (χ4n) is 1.26. The van der Waals surface area contributed by atoms with E-state index >= 15 is 0 Å². The zero-order valence-electron chi connectivity index (χ0n) is 10.9. The molecule has 2 rings (SSSR count). The molecule has 1 aromatic heterocycles. The molecule has 0 aliphatic heterocycles. The first-order valence-electron chi connectivity index (χ1n) is 6.20. The van der Waals surface area contributed by atoms with Crippen LogP contribution in [-0.2, 0) is 4.74 Å². The predicted octanol–water partition coefficient (Wildman–Crippen LogP) is 2.09. The second-order valence-electron chi connectivity index (χ2n) is 4.03. The zero-order valence-corrected chi connectivity index (χ0v) is 11.7. The Labute approximate surface area is 120 Å². The van der Waals surface area contributed by atoms with E-state index in [-0.39, 0.29) is 6.61 Å². The quantitative estimate of drug-likeness (QED) is 0.809. The number of rotatable bonds is 5. The number of amides is 3. The zero-order chi connectivity index (χ0) is 14.4. The van der Waals surface area contributed by atoms with Crippen molar-refractivity contribution in [2.75, 3.05) is 6.61 Å². The molecule has 0 unspecified atom stereocenters. The van der Waals surface area contributed by atoms with Crippen molar-refractivity contribution in [3.8, 4) is 5.75 Å². The minimum absolute atomic E-state index is 0.205. The van der Waals surface area contributed by atoms with Crippen LogP contribution in [0, 0.1) is 0 Å². The van der Waals surface area contributed by atoms with Gasteiger partial charge in [-0.15, -0.1) is 0 Å². The highest BCUT2D eigenvalue weighted by Crippen LogP contribution is 2.26. The minimum Gasteiger partial charge on any atom is -0.489 e. The molecule has 1 fully saturated rings. The minimum atomic E-state index is -0.785. The number of carbonyl (C=O) groups excluding carboxylic acids is 2. The summed E-state index contributed by atoms with van der Waals surface area (Å²) in [7, 11) is 0. The Balaban J connectivity index is 1.72. The summed E-state index contributed by atoms with van der Waals surface area (Å²) >= 11 is 0.995. The van der Waals surface area contributed by atoms with Gasteiger partial charge in [0.05, 0.1) is 18.9 Å². The SMILES string of the molecule is CCOC(=O)NC(=O)NSc1ccc(OC2CC2)cn1. The second kappa shape index (κ2) is 6.99. The van der Waals surface area contributed by atoms with Gasteiger partial charge in [-0.05, 0) is 31.9 Å². The average Bonchev–Trinajstić information content (AvgIpc) is 3.22. The summed E-state index contributed by atoms with van der Waals surface area (Å²) in [5, 5.41) is 2.60. The van der Waals surface area contributed by atoms with E-state index in [0.717, 1.165) is 24.8 Å². The molecule has 0 aromatic carbocycles. The number of imide groups is 1. The number of hydrogen-bond donors (Lipinski definition) is 2. The number of aromatic nitrogens is 1. The third-order valence-electron chi connectivity index (χ3n) is 2.28. The average molecular weight is 297 g/mol. The Hall–Kier alpha value is -1.96. The largest absolute Gasteiger partial charge is 0.489 e. The number of hydrogen-bond acceptors (Lipinski definition) is 6. The lowest BCUT2D eigenvalue weighted by Gasteiger charge is -2.06. The predicted molar refractivity (Wildman–Crippen MR) is 72.4 cm³/mol. The third-order valence-corrected chi connectivity index (χ3v) is 3.01. The van der Waals surface area contributed by atoms with Crippen LogP contribution in [0.25, 0.3) is 0 Å². The molecule has 8 heteroatoms. The lowest BCUT2D eigenvalue weighted by Crippen LogP contribution is -2.36. The summed E-state index contributed by atoms with van der Waals surface area (Å²) in [5.41, 5.74) is 0. The first kappa shape index (κ1) is 14.4. The molecule has 3 amide bonds. The van der Waals surface area contributed by atoms with E-state index in [4.69, 9.17) is 4.74 Å². The number of carbonyl (C=O) groups is 2. The van der Waals surface area contributed by atoms with Gasteiger partial charge < -0.3 is 9.47 Å². The van der Waals surface area contributed by atoms with E-state index < -0.39 is 12.1 Å². The lowest BCUT2D eigenvalue weighted by molar-refractivity contribution is 0.153. The number of pyridine rings is 1. The molecule has 108 valence electrons. The van der Waals surface area contributed by atoms with E-state index in [1.807, 2.05) is 5.32 Å². The highest BCUT2D eigenvalue weighted by Gasteiger charge is 2.23. The number of nitrogens with zero attached hydrogens (tertiary/aromatic N) is 1. The van der Waals surface area contributed by atoms with Gasteiger partial charge in [0.15, 0.2) is 0 Å². The van der Waals surface area contributed by atoms with Gasteiger partial charge in [0.25, 0.3) is 0 Å². The van der Waals surface area contributed by atoms with Gasteiger partial charge in [-0.2, -0.15) is 0 Å². The third kappa shape index (κ3) is 4.96. The van der Waals surface area contributed by atoms with Crippen molar-refractivity contribution in [2.24, 2.45) is 0 Å².